The summed E-state index contributed by atoms with van der Waals surface area (Å²) >= 11 is 0. The van der Waals surface area contributed by atoms with E-state index in [0.29, 0.717) is 25.1 Å². The molecule has 0 radical (unpaired) electrons. The van der Waals surface area contributed by atoms with E-state index in [0.717, 1.165) is 44.1 Å². The van der Waals surface area contributed by atoms with Crippen molar-refractivity contribution in [3.05, 3.63) is 52.8 Å². The maximum atomic E-state index is 12.2. The molecular formula is C28H36N2O6. The highest BCUT2D eigenvalue weighted by Crippen LogP contribution is 2.29. The lowest BCUT2D eigenvalue weighted by atomic mass is 9.85. The molecule has 8 nitrogen and oxygen atoms in total. The molecule has 36 heavy (non-hydrogen) atoms. The summed E-state index contributed by atoms with van der Waals surface area (Å²) in [6.07, 6.45) is 6.75. The summed E-state index contributed by atoms with van der Waals surface area (Å²) in [4.78, 5) is 46.0. The van der Waals surface area contributed by atoms with Crippen LogP contribution >= 0.6 is 0 Å². The number of ether oxygens (including phenoxy) is 2. The van der Waals surface area contributed by atoms with Gasteiger partial charge in [0.1, 0.15) is 5.78 Å². The number of rotatable bonds is 7. The minimum atomic E-state index is -0.868. The van der Waals surface area contributed by atoms with E-state index in [1.54, 1.807) is 6.92 Å². The quantitative estimate of drug-likeness (QED) is 0.317. The van der Waals surface area contributed by atoms with Gasteiger partial charge >= 0.3 is 11.9 Å². The van der Waals surface area contributed by atoms with Crippen LogP contribution in [0.15, 0.2) is 30.3 Å². The zero-order valence-electron chi connectivity index (χ0n) is 21.5. The number of Topliss-reactive ketones (excluding diaryl/α,β-unsaturated/α-hetero) is 2. The van der Waals surface area contributed by atoms with Gasteiger partial charge in [-0.2, -0.15) is 5.10 Å². The standard InChI is InChI=1S/C18H22N2O2.C10H14O4/c1-3-22-18(21)17-15-11-7-8-12-16(15)20(19-17)13(2)14-9-5-4-6-10-14;1-2-14-10(13)9(12)7-5-3-4-6-8(7)11/h4-6,9-10,13H,3,7-8,11-12H2,1-2H3;7H,2-6H2,1H3. The van der Waals surface area contributed by atoms with Crippen molar-refractivity contribution in [2.45, 2.75) is 78.2 Å². The number of hydrogen-bond donors (Lipinski definition) is 0. The summed E-state index contributed by atoms with van der Waals surface area (Å²) in [5.74, 6) is -2.68. The van der Waals surface area contributed by atoms with Crippen LogP contribution in [-0.4, -0.2) is 46.5 Å². The molecule has 0 bridgehead atoms. The van der Waals surface area contributed by atoms with Crippen LogP contribution in [0.4, 0.5) is 0 Å². The minimum absolute atomic E-state index is 0.116. The number of fused-ring (bicyclic) bond motifs is 1. The number of ketones is 2. The maximum Gasteiger partial charge on any atom is 0.375 e. The van der Waals surface area contributed by atoms with Crippen molar-refractivity contribution in [2.24, 2.45) is 5.92 Å². The van der Waals surface area contributed by atoms with Gasteiger partial charge < -0.3 is 9.47 Å². The van der Waals surface area contributed by atoms with Crippen LogP contribution in [0.2, 0.25) is 0 Å². The molecule has 194 valence electrons. The lowest BCUT2D eigenvalue weighted by Gasteiger charge is -2.19. The molecule has 0 spiro atoms. The van der Waals surface area contributed by atoms with Crippen molar-refractivity contribution < 1.29 is 28.7 Å². The fourth-order valence-electron chi connectivity index (χ4n) is 4.79. The summed E-state index contributed by atoms with van der Waals surface area (Å²) in [6.45, 7) is 6.15. The first-order chi connectivity index (χ1) is 17.4. The van der Waals surface area contributed by atoms with E-state index in [2.05, 4.69) is 28.9 Å². The Morgan fingerprint density at radius 2 is 1.64 bits per heavy atom. The Hall–Kier alpha value is -3.29. The van der Waals surface area contributed by atoms with E-state index in [1.807, 2.05) is 29.8 Å². The number of carbonyl (C=O) groups is 4. The van der Waals surface area contributed by atoms with Gasteiger partial charge in [0.25, 0.3) is 0 Å². The SMILES string of the molecule is CCOC(=O)C(=O)C1CCCCC1=O.CCOC(=O)c1nn(C(C)c2ccccc2)c2c1CCCC2. The van der Waals surface area contributed by atoms with Crippen molar-refractivity contribution in [1.82, 2.24) is 9.78 Å². The van der Waals surface area contributed by atoms with Crippen LogP contribution < -0.4 is 0 Å². The van der Waals surface area contributed by atoms with Crippen LogP contribution in [0.5, 0.6) is 0 Å². The Morgan fingerprint density at radius 3 is 2.31 bits per heavy atom. The van der Waals surface area contributed by atoms with Gasteiger partial charge in [-0.25, -0.2) is 9.59 Å². The normalized spacial score (nSPS) is 17.8. The summed E-state index contributed by atoms with van der Waals surface area (Å²) in [5, 5.41) is 4.63. The van der Waals surface area contributed by atoms with Gasteiger partial charge in [0.15, 0.2) is 5.69 Å². The number of carbonyl (C=O) groups excluding carboxylic acids is 4. The van der Waals surface area contributed by atoms with Gasteiger partial charge in [0.05, 0.1) is 25.2 Å². The van der Waals surface area contributed by atoms with E-state index >= 15 is 0 Å². The number of esters is 2. The highest BCUT2D eigenvalue weighted by atomic mass is 16.5. The third-order valence-corrected chi connectivity index (χ3v) is 6.67. The molecule has 0 amide bonds. The van der Waals surface area contributed by atoms with Crippen LogP contribution in [0.25, 0.3) is 0 Å². The largest absolute Gasteiger partial charge is 0.461 e. The molecule has 0 N–H and O–H groups in total. The second-order valence-corrected chi connectivity index (χ2v) is 9.08. The molecule has 2 aliphatic rings. The van der Waals surface area contributed by atoms with Crippen LogP contribution in [-0.2, 0) is 36.7 Å². The van der Waals surface area contributed by atoms with Crippen molar-refractivity contribution in [3.8, 4) is 0 Å². The molecule has 2 unspecified atom stereocenters. The number of nitrogens with zero attached hydrogens (tertiary/aromatic N) is 2. The Labute approximate surface area is 212 Å². The van der Waals surface area contributed by atoms with Gasteiger partial charge in [-0.3, -0.25) is 14.3 Å². The molecule has 2 aromatic rings. The Bertz CT molecular complexity index is 1080. The number of aromatic nitrogens is 2. The van der Waals surface area contributed by atoms with Crippen LogP contribution in [0.1, 0.15) is 92.6 Å². The average Bonchev–Trinajstić information content (AvgIpc) is 3.29. The lowest BCUT2D eigenvalue weighted by Crippen LogP contribution is -2.33. The molecule has 8 heteroatoms. The van der Waals surface area contributed by atoms with Crippen LogP contribution in [0, 0.1) is 5.92 Å². The summed E-state index contributed by atoms with van der Waals surface area (Å²) in [6, 6.07) is 10.4. The monoisotopic (exact) mass is 496 g/mol. The van der Waals surface area contributed by atoms with Gasteiger partial charge in [-0.1, -0.05) is 36.8 Å². The molecule has 1 fully saturated rings. The third-order valence-electron chi connectivity index (χ3n) is 6.67. The van der Waals surface area contributed by atoms with E-state index in [9.17, 15) is 19.2 Å². The molecule has 0 saturated heterocycles. The van der Waals surface area contributed by atoms with Crippen molar-refractivity contribution >= 4 is 23.5 Å². The Morgan fingerprint density at radius 1 is 0.972 bits per heavy atom. The van der Waals surface area contributed by atoms with Gasteiger partial charge in [-0.05, 0) is 64.9 Å². The topological polar surface area (TPSA) is 105 Å². The molecule has 1 heterocycles. The predicted molar refractivity (Wildman–Crippen MR) is 134 cm³/mol. The second kappa shape index (κ2) is 13.1. The van der Waals surface area contributed by atoms with Gasteiger partial charge in [-0.15, -0.1) is 0 Å². The first-order valence-corrected chi connectivity index (χ1v) is 12.9. The van der Waals surface area contributed by atoms with E-state index in [-0.39, 0.29) is 24.4 Å². The average molecular weight is 497 g/mol. The zero-order chi connectivity index (χ0) is 26.1. The van der Waals surface area contributed by atoms with Crippen LogP contribution in [0.3, 0.4) is 0 Å². The Balaban J connectivity index is 0.000000223. The van der Waals surface area contributed by atoms with Crippen molar-refractivity contribution in [2.75, 3.05) is 13.2 Å². The molecule has 1 saturated carbocycles. The lowest BCUT2D eigenvalue weighted by molar-refractivity contribution is -0.157. The summed E-state index contributed by atoms with van der Waals surface area (Å²) in [5.41, 5.74) is 4.01. The zero-order valence-corrected chi connectivity index (χ0v) is 21.5. The van der Waals surface area contributed by atoms with E-state index in [4.69, 9.17) is 4.74 Å². The first-order valence-electron chi connectivity index (χ1n) is 12.9. The summed E-state index contributed by atoms with van der Waals surface area (Å²) in [7, 11) is 0. The fourth-order valence-corrected chi connectivity index (χ4v) is 4.79. The number of benzene rings is 1. The second-order valence-electron chi connectivity index (χ2n) is 9.08. The molecule has 4 rings (SSSR count). The van der Waals surface area contributed by atoms with E-state index in [1.165, 1.54) is 11.3 Å². The highest BCUT2D eigenvalue weighted by Gasteiger charge is 2.33. The smallest absolute Gasteiger partial charge is 0.375 e. The summed E-state index contributed by atoms with van der Waals surface area (Å²) < 4.78 is 11.8. The molecule has 2 atom stereocenters. The van der Waals surface area contributed by atoms with Gasteiger partial charge in [0, 0.05) is 17.7 Å². The third kappa shape index (κ3) is 6.47. The molecule has 2 aliphatic carbocycles. The minimum Gasteiger partial charge on any atom is -0.461 e. The number of hydrogen-bond acceptors (Lipinski definition) is 7. The highest BCUT2D eigenvalue weighted by molar-refractivity contribution is 6.38. The fraction of sp³-hybridized carbons (Fsp3) is 0.536. The molecule has 1 aromatic carbocycles. The molecular weight excluding hydrogens is 460 g/mol. The molecule has 0 aliphatic heterocycles. The molecule has 1 aromatic heterocycles. The predicted octanol–water partition coefficient (Wildman–Crippen LogP) is 4.43. The first kappa shape index (κ1) is 27.3. The van der Waals surface area contributed by atoms with Crippen molar-refractivity contribution in [3.63, 3.8) is 0 Å². The van der Waals surface area contributed by atoms with E-state index < -0.39 is 17.7 Å². The maximum absolute atomic E-state index is 12.2. The van der Waals surface area contributed by atoms with Gasteiger partial charge in [0.2, 0.25) is 5.78 Å². The van der Waals surface area contributed by atoms with Crippen molar-refractivity contribution in [1.29, 1.82) is 0 Å². The Kier molecular flexibility index (Phi) is 9.96.